The van der Waals surface area contributed by atoms with Gasteiger partial charge in [0.15, 0.2) is 0 Å². The number of hydrogen-bond donors (Lipinski definition) is 1. The molecule has 0 bridgehead atoms. The molecule has 0 spiro atoms. The summed E-state index contributed by atoms with van der Waals surface area (Å²) >= 11 is 3.53. The fraction of sp³-hybridized carbons (Fsp3) is 0.625. The second-order valence-electron chi connectivity index (χ2n) is 5.27. The summed E-state index contributed by atoms with van der Waals surface area (Å²) in [7, 11) is 3.50. The third kappa shape index (κ3) is 4.76. The zero-order chi connectivity index (χ0) is 15.1. The minimum Gasteiger partial charge on any atom is -0.496 e. The van der Waals surface area contributed by atoms with E-state index in [1.807, 2.05) is 12.1 Å². The SMILES string of the molecule is CCNC(Cc1cc(Br)ccc1OC)C(OC)C(C)C. The van der Waals surface area contributed by atoms with Gasteiger partial charge >= 0.3 is 0 Å². The fourth-order valence-corrected chi connectivity index (χ4v) is 3.02. The van der Waals surface area contributed by atoms with Crippen molar-refractivity contribution in [2.75, 3.05) is 20.8 Å². The number of likely N-dealkylation sites (N-methyl/N-ethyl adjacent to an activating group) is 1. The number of ether oxygens (including phenoxy) is 2. The van der Waals surface area contributed by atoms with Gasteiger partial charge in [0.25, 0.3) is 0 Å². The number of methoxy groups -OCH3 is 2. The smallest absolute Gasteiger partial charge is 0.122 e. The quantitative estimate of drug-likeness (QED) is 0.781. The monoisotopic (exact) mass is 343 g/mol. The van der Waals surface area contributed by atoms with Crippen molar-refractivity contribution in [3.8, 4) is 5.75 Å². The van der Waals surface area contributed by atoms with Crippen molar-refractivity contribution in [2.24, 2.45) is 5.92 Å². The van der Waals surface area contributed by atoms with Crippen molar-refractivity contribution >= 4 is 15.9 Å². The Morgan fingerprint density at radius 1 is 1.25 bits per heavy atom. The van der Waals surface area contributed by atoms with Crippen LogP contribution in [0.25, 0.3) is 0 Å². The topological polar surface area (TPSA) is 30.5 Å². The van der Waals surface area contributed by atoms with Crippen LogP contribution in [0.15, 0.2) is 22.7 Å². The average molecular weight is 344 g/mol. The number of nitrogens with one attached hydrogen (secondary N) is 1. The van der Waals surface area contributed by atoms with Crippen LogP contribution in [0, 0.1) is 5.92 Å². The molecule has 0 heterocycles. The van der Waals surface area contributed by atoms with Crippen LogP contribution in [-0.4, -0.2) is 32.9 Å². The van der Waals surface area contributed by atoms with Gasteiger partial charge < -0.3 is 14.8 Å². The van der Waals surface area contributed by atoms with Gasteiger partial charge in [0, 0.05) is 17.6 Å². The molecule has 4 heteroatoms. The van der Waals surface area contributed by atoms with E-state index in [0.717, 1.165) is 23.2 Å². The van der Waals surface area contributed by atoms with E-state index in [1.165, 1.54) is 5.56 Å². The van der Waals surface area contributed by atoms with E-state index in [1.54, 1.807) is 14.2 Å². The lowest BCUT2D eigenvalue weighted by atomic mass is 9.93. The van der Waals surface area contributed by atoms with E-state index in [-0.39, 0.29) is 12.1 Å². The second-order valence-corrected chi connectivity index (χ2v) is 6.18. The van der Waals surface area contributed by atoms with E-state index < -0.39 is 0 Å². The first-order valence-corrected chi connectivity index (χ1v) is 7.91. The first-order valence-electron chi connectivity index (χ1n) is 7.12. The van der Waals surface area contributed by atoms with Gasteiger partial charge in [0.05, 0.1) is 13.2 Å². The Bertz CT molecular complexity index is 409. The summed E-state index contributed by atoms with van der Waals surface area (Å²) < 4.78 is 12.2. The van der Waals surface area contributed by atoms with Crippen LogP contribution < -0.4 is 10.1 Å². The largest absolute Gasteiger partial charge is 0.496 e. The van der Waals surface area contributed by atoms with Crippen LogP contribution >= 0.6 is 15.9 Å². The molecule has 114 valence electrons. The van der Waals surface area contributed by atoms with Crippen molar-refractivity contribution in [1.82, 2.24) is 5.32 Å². The molecule has 1 rings (SSSR count). The summed E-state index contributed by atoms with van der Waals surface area (Å²) in [5.74, 6) is 1.39. The Morgan fingerprint density at radius 2 is 1.95 bits per heavy atom. The van der Waals surface area contributed by atoms with Gasteiger partial charge in [0.1, 0.15) is 5.75 Å². The van der Waals surface area contributed by atoms with E-state index in [2.05, 4.69) is 48.1 Å². The van der Waals surface area contributed by atoms with Gasteiger partial charge in [-0.3, -0.25) is 0 Å². The van der Waals surface area contributed by atoms with Gasteiger partial charge in [-0.05, 0) is 42.6 Å². The van der Waals surface area contributed by atoms with Crippen LogP contribution in [-0.2, 0) is 11.2 Å². The molecule has 0 aliphatic heterocycles. The lowest BCUT2D eigenvalue weighted by molar-refractivity contribution is 0.0335. The number of rotatable bonds is 8. The Labute approximate surface area is 131 Å². The maximum atomic E-state index is 5.69. The van der Waals surface area contributed by atoms with Gasteiger partial charge in [-0.1, -0.05) is 36.7 Å². The van der Waals surface area contributed by atoms with Crippen LogP contribution in [0.4, 0.5) is 0 Å². The highest BCUT2D eigenvalue weighted by atomic mass is 79.9. The van der Waals surface area contributed by atoms with Crippen molar-refractivity contribution in [3.05, 3.63) is 28.2 Å². The highest BCUT2D eigenvalue weighted by molar-refractivity contribution is 9.10. The molecule has 1 N–H and O–H groups in total. The molecule has 0 radical (unpaired) electrons. The molecule has 0 aliphatic carbocycles. The Hall–Kier alpha value is -0.580. The number of benzene rings is 1. The molecule has 0 aromatic heterocycles. The third-order valence-corrected chi connectivity index (χ3v) is 3.97. The van der Waals surface area contributed by atoms with Crippen LogP contribution in [0.2, 0.25) is 0 Å². The lowest BCUT2D eigenvalue weighted by Crippen LogP contribution is -2.45. The summed E-state index contributed by atoms with van der Waals surface area (Å²) in [5.41, 5.74) is 1.19. The summed E-state index contributed by atoms with van der Waals surface area (Å²) in [6.07, 6.45) is 1.06. The van der Waals surface area contributed by atoms with E-state index in [4.69, 9.17) is 9.47 Å². The molecule has 0 saturated heterocycles. The number of halogens is 1. The molecular weight excluding hydrogens is 318 g/mol. The van der Waals surface area contributed by atoms with Gasteiger partial charge in [-0.15, -0.1) is 0 Å². The van der Waals surface area contributed by atoms with Crippen molar-refractivity contribution in [3.63, 3.8) is 0 Å². The molecule has 0 amide bonds. The van der Waals surface area contributed by atoms with E-state index in [0.29, 0.717) is 5.92 Å². The minimum absolute atomic E-state index is 0.179. The molecule has 20 heavy (non-hydrogen) atoms. The van der Waals surface area contributed by atoms with E-state index >= 15 is 0 Å². The summed E-state index contributed by atoms with van der Waals surface area (Å²) in [6, 6.07) is 6.39. The molecule has 2 unspecified atom stereocenters. The highest BCUT2D eigenvalue weighted by Crippen LogP contribution is 2.26. The van der Waals surface area contributed by atoms with Crippen molar-refractivity contribution in [2.45, 2.75) is 39.3 Å². The van der Waals surface area contributed by atoms with Crippen LogP contribution in [0.1, 0.15) is 26.3 Å². The summed E-state index contributed by atoms with van der Waals surface area (Å²) in [5, 5.41) is 3.54. The maximum Gasteiger partial charge on any atom is 0.122 e. The first-order chi connectivity index (χ1) is 9.53. The molecule has 1 aromatic carbocycles. The minimum atomic E-state index is 0.179. The molecule has 0 saturated carbocycles. The Balaban J connectivity index is 2.97. The first kappa shape index (κ1) is 17.5. The van der Waals surface area contributed by atoms with Crippen LogP contribution in [0.3, 0.4) is 0 Å². The predicted octanol–water partition coefficient (Wildman–Crippen LogP) is 3.65. The summed E-state index contributed by atoms with van der Waals surface area (Å²) in [4.78, 5) is 0. The maximum absolute atomic E-state index is 5.69. The average Bonchev–Trinajstić information content (AvgIpc) is 2.39. The van der Waals surface area contributed by atoms with Gasteiger partial charge in [-0.2, -0.15) is 0 Å². The lowest BCUT2D eigenvalue weighted by Gasteiger charge is -2.30. The molecule has 0 aliphatic rings. The molecule has 3 nitrogen and oxygen atoms in total. The second kappa shape index (κ2) is 8.65. The van der Waals surface area contributed by atoms with Crippen molar-refractivity contribution in [1.29, 1.82) is 0 Å². The molecule has 1 aromatic rings. The standard InChI is InChI=1S/C16H26BrNO2/c1-6-18-14(16(20-5)11(2)3)10-12-9-13(17)7-8-15(12)19-4/h7-9,11,14,16,18H,6,10H2,1-5H3. The third-order valence-electron chi connectivity index (χ3n) is 3.47. The highest BCUT2D eigenvalue weighted by Gasteiger charge is 2.25. The van der Waals surface area contributed by atoms with E-state index in [9.17, 15) is 0 Å². The van der Waals surface area contributed by atoms with Crippen molar-refractivity contribution < 1.29 is 9.47 Å². The normalized spacial score (nSPS) is 14.3. The Morgan fingerprint density at radius 3 is 2.45 bits per heavy atom. The number of hydrogen-bond acceptors (Lipinski definition) is 3. The van der Waals surface area contributed by atoms with Gasteiger partial charge in [-0.25, -0.2) is 0 Å². The Kier molecular flexibility index (Phi) is 7.56. The fourth-order valence-electron chi connectivity index (χ4n) is 2.61. The molecular formula is C16H26BrNO2. The molecule has 0 fully saturated rings. The van der Waals surface area contributed by atoms with Crippen LogP contribution in [0.5, 0.6) is 5.75 Å². The zero-order valence-electron chi connectivity index (χ0n) is 13.1. The predicted molar refractivity (Wildman–Crippen MR) is 87.5 cm³/mol. The molecule has 2 atom stereocenters. The zero-order valence-corrected chi connectivity index (χ0v) is 14.7. The van der Waals surface area contributed by atoms with Gasteiger partial charge in [0.2, 0.25) is 0 Å². The summed E-state index contributed by atoms with van der Waals surface area (Å²) in [6.45, 7) is 7.43.